The van der Waals surface area contributed by atoms with Crippen molar-refractivity contribution in [1.29, 1.82) is 0 Å². The number of para-hydroxylation sites is 1. The average Bonchev–Trinajstić information content (AvgIpc) is 3.11. The van der Waals surface area contributed by atoms with Crippen LogP contribution in [0, 0.1) is 17.5 Å². The Labute approximate surface area is 186 Å². The number of piperidine rings is 1. The molecular weight excluding hydrogens is 409 g/mol. The van der Waals surface area contributed by atoms with Crippen LogP contribution in [0.15, 0.2) is 72.8 Å². The van der Waals surface area contributed by atoms with Crippen LogP contribution >= 0.6 is 0 Å². The number of benzene rings is 3. The van der Waals surface area contributed by atoms with Gasteiger partial charge >= 0.3 is 0 Å². The normalized spacial score (nSPS) is 20.5. The molecule has 5 heteroatoms. The molecule has 2 aliphatic rings. The van der Waals surface area contributed by atoms with Gasteiger partial charge in [-0.3, -0.25) is 0 Å². The Hall–Kier alpha value is -3.05. The van der Waals surface area contributed by atoms with E-state index in [1.807, 2.05) is 12.1 Å². The molecule has 2 heterocycles. The van der Waals surface area contributed by atoms with Gasteiger partial charge in [0.2, 0.25) is 0 Å². The van der Waals surface area contributed by atoms with Crippen molar-refractivity contribution in [3.8, 4) is 0 Å². The summed E-state index contributed by atoms with van der Waals surface area (Å²) in [6, 6.07) is 18.2. The minimum Gasteiger partial charge on any atom is -0.335 e. The zero-order valence-corrected chi connectivity index (χ0v) is 17.7. The van der Waals surface area contributed by atoms with Gasteiger partial charge < -0.3 is 9.80 Å². The lowest BCUT2D eigenvalue weighted by molar-refractivity contribution is 0.199. The lowest BCUT2D eigenvalue weighted by Crippen LogP contribution is -2.45. The van der Waals surface area contributed by atoms with Crippen LogP contribution in [0.3, 0.4) is 0 Å². The quantitative estimate of drug-likeness (QED) is 0.451. The van der Waals surface area contributed by atoms with Crippen LogP contribution in [-0.2, 0) is 0 Å². The molecule has 2 nitrogen and oxygen atoms in total. The van der Waals surface area contributed by atoms with Gasteiger partial charge in [-0.2, -0.15) is 0 Å². The zero-order valence-electron chi connectivity index (χ0n) is 17.7. The molecular formula is C27H25F3N2. The van der Waals surface area contributed by atoms with E-state index in [2.05, 4.69) is 15.9 Å². The topological polar surface area (TPSA) is 6.48 Å². The molecule has 5 rings (SSSR count). The maximum absolute atomic E-state index is 14.7. The van der Waals surface area contributed by atoms with Crippen LogP contribution in [0.1, 0.15) is 29.9 Å². The summed E-state index contributed by atoms with van der Waals surface area (Å²) in [5.41, 5.74) is 3.41. The Balaban J connectivity index is 1.31. The van der Waals surface area contributed by atoms with Gasteiger partial charge in [-0.15, -0.1) is 0 Å². The second-order valence-electron chi connectivity index (χ2n) is 8.53. The van der Waals surface area contributed by atoms with E-state index in [9.17, 15) is 13.2 Å². The van der Waals surface area contributed by atoms with E-state index in [1.165, 1.54) is 24.3 Å². The molecule has 0 N–H and O–H groups in total. The fourth-order valence-electron chi connectivity index (χ4n) is 5.05. The van der Waals surface area contributed by atoms with E-state index < -0.39 is 0 Å². The summed E-state index contributed by atoms with van der Waals surface area (Å²) in [4.78, 5) is 4.47. The largest absolute Gasteiger partial charge is 0.335 e. The van der Waals surface area contributed by atoms with Gasteiger partial charge in [0, 0.05) is 37.3 Å². The second kappa shape index (κ2) is 8.83. The van der Waals surface area contributed by atoms with Gasteiger partial charge in [-0.05, 0) is 66.4 Å². The number of nitrogens with zero attached hydrogens (tertiary/aromatic N) is 2. The minimum atomic E-state index is -0.253. The number of anilines is 2. The smallest absolute Gasteiger partial charge is 0.146 e. The van der Waals surface area contributed by atoms with Crippen LogP contribution in [0.4, 0.5) is 24.5 Å². The molecule has 0 bridgehead atoms. The molecule has 3 aromatic rings. The van der Waals surface area contributed by atoms with Gasteiger partial charge in [0.25, 0.3) is 0 Å². The van der Waals surface area contributed by atoms with E-state index in [4.69, 9.17) is 0 Å². The third-order valence-electron chi connectivity index (χ3n) is 6.54. The molecule has 2 atom stereocenters. The number of likely N-dealkylation sites (tertiary alicyclic amines) is 1. The number of hydrogen-bond acceptors (Lipinski definition) is 2. The maximum Gasteiger partial charge on any atom is 0.146 e. The monoisotopic (exact) mass is 434 g/mol. The van der Waals surface area contributed by atoms with E-state index in [0.717, 1.165) is 49.3 Å². The van der Waals surface area contributed by atoms with Crippen LogP contribution in [0.25, 0.3) is 6.08 Å². The Morgan fingerprint density at radius 3 is 2.47 bits per heavy atom. The first-order chi connectivity index (χ1) is 15.6. The molecule has 0 spiro atoms. The predicted octanol–water partition coefficient (Wildman–Crippen LogP) is 6.52. The highest BCUT2D eigenvalue weighted by molar-refractivity contribution is 5.73. The van der Waals surface area contributed by atoms with Crippen LogP contribution in [0.5, 0.6) is 0 Å². The summed E-state index contributed by atoms with van der Waals surface area (Å²) in [5.74, 6) is -0.605. The van der Waals surface area contributed by atoms with Gasteiger partial charge in [0.15, 0.2) is 0 Å². The molecule has 0 saturated carbocycles. The Morgan fingerprint density at radius 2 is 1.66 bits per heavy atom. The van der Waals surface area contributed by atoms with Crippen molar-refractivity contribution in [3.63, 3.8) is 0 Å². The summed E-state index contributed by atoms with van der Waals surface area (Å²) in [6.07, 6.45) is 5.87. The van der Waals surface area contributed by atoms with Crippen molar-refractivity contribution in [3.05, 3.63) is 101 Å². The fraction of sp³-hybridized carbons (Fsp3) is 0.259. The molecule has 3 aromatic carbocycles. The van der Waals surface area contributed by atoms with Gasteiger partial charge in [-0.25, -0.2) is 13.2 Å². The summed E-state index contributed by atoms with van der Waals surface area (Å²) in [7, 11) is 0. The summed E-state index contributed by atoms with van der Waals surface area (Å²) in [5, 5.41) is 0. The molecule has 0 aliphatic carbocycles. The van der Waals surface area contributed by atoms with Crippen molar-refractivity contribution >= 4 is 17.5 Å². The summed E-state index contributed by atoms with van der Waals surface area (Å²) < 4.78 is 41.8. The Morgan fingerprint density at radius 1 is 0.875 bits per heavy atom. The fourth-order valence-corrected chi connectivity index (χ4v) is 5.05. The molecule has 1 saturated heterocycles. The Bertz CT molecular complexity index is 1130. The van der Waals surface area contributed by atoms with Crippen molar-refractivity contribution in [2.45, 2.75) is 24.8 Å². The van der Waals surface area contributed by atoms with E-state index in [1.54, 1.807) is 36.4 Å². The van der Waals surface area contributed by atoms with E-state index in [0.29, 0.717) is 5.69 Å². The lowest BCUT2D eigenvalue weighted by Gasteiger charge is -2.39. The van der Waals surface area contributed by atoms with Crippen LogP contribution in [-0.4, -0.2) is 30.6 Å². The lowest BCUT2D eigenvalue weighted by atomic mass is 9.89. The van der Waals surface area contributed by atoms with Crippen molar-refractivity contribution in [2.75, 3.05) is 24.5 Å². The summed E-state index contributed by atoms with van der Waals surface area (Å²) in [6.45, 7) is 2.62. The van der Waals surface area contributed by atoms with Gasteiger partial charge in [-0.1, -0.05) is 36.4 Å². The molecule has 164 valence electrons. The molecule has 2 aliphatic heterocycles. The van der Waals surface area contributed by atoms with Crippen molar-refractivity contribution < 1.29 is 13.2 Å². The SMILES string of the molecule is Fc1ccc(C=CCCN2CC[C@@H]3[C@@H](C2)c2cc(F)ccc2N3c2ccccc2F)cc1. The molecule has 0 unspecified atom stereocenters. The third-order valence-corrected chi connectivity index (χ3v) is 6.54. The maximum atomic E-state index is 14.7. The predicted molar refractivity (Wildman–Crippen MR) is 123 cm³/mol. The first-order valence-corrected chi connectivity index (χ1v) is 11.1. The van der Waals surface area contributed by atoms with Crippen LogP contribution < -0.4 is 4.90 Å². The molecule has 0 amide bonds. The minimum absolute atomic E-state index is 0.120. The third kappa shape index (κ3) is 4.05. The standard InChI is InChI=1S/C27H25F3N2/c28-20-10-8-19(9-11-20)5-3-4-15-31-16-14-26-23(18-31)22-17-21(29)12-13-25(22)32(26)27-7-2-1-6-24(27)30/h1-3,5-13,17,23,26H,4,14-16,18H2/t23-,26+/m0/s1. The van der Waals surface area contributed by atoms with E-state index in [-0.39, 0.29) is 29.4 Å². The first kappa shape index (κ1) is 20.8. The number of hydrogen-bond donors (Lipinski definition) is 0. The highest BCUT2D eigenvalue weighted by atomic mass is 19.1. The second-order valence-corrected chi connectivity index (χ2v) is 8.53. The molecule has 0 aromatic heterocycles. The highest BCUT2D eigenvalue weighted by Gasteiger charge is 2.43. The first-order valence-electron chi connectivity index (χ1n) is 11.1. The molecule has 1 fully saturated rings. The summed E-state index contributed by atoms with van der Waals surface area (Å²) >= 11 is 0. The Kier molecular flexibility index (Phi) is 5.75. The van der Waals surface area contributed by atoms with Crippen molar-refractivity contribution in [1.82, 2.24) is 4.90 Å². The number of rotatable bonds is 5. The zero-order chi connectivity index (χ0) is 22.1. The van der Waals surface area contributed by atoms with Gasteiger partial charge in [0.1, 0.15) is 17.5 Å². The highest BCUT2D eigenvalue weighted by Crippen LogP contribution is 2.49. The van der Waals surface area contributed by atoms with Gasteiger partial charge in [0.05, 0.1) is 5.69 Å². The number of fused-ring (bicyclic) bond motifs is 3. The van der Waals surface area contributed by atoms with Crippen molar-refractivity contribution in [2.24, 2.45) is 0 Å². The molecule has 0 radical (unpaired) electrons. The molecule has 32 heavy (non-hydrogen) atoms. The van der Waals surface area contributed by atoms with Crippen LogP contribution in [0.2, 0.25) is 0 Å². The average molecular weight is 435 g/mol. The van der Waals surface area contributed by atoms with E-state index >= 15 is 0 Å². The number of halogens is 3.